The van der Waals surface area contributed by atoms with Crippen molar-refractivity contribution in [2.75, 3.05) is 7.11 Å². The Morgan fingerprint density at radius 3 is 2.64 bits per heavy atom. The number of rotatable bonds is 4. The minimum atomic E-state index is 0.815. The molecule has 0 bridgehead atoms. The Kier molecular flexibility index (Phi) is 5.43. The fraction of sp³-hybridized carbons (Fsp3) is 0.692. The summed E-state index contributed by atoms with van der Waals surface area (Å²) in [4.78, 5) is 0. The van der Waals surface area contributed by atoms with E-state index >= 15 is 0 Å². The predicted molar refractivity (Wildman–Crippen MR) is 61.1 cm³/mol. The smallest absolute Gasteiger partial charge is 0.0816 e. The van der Waals surface area contributed by atoms with Crippen molar-refractivity contribution in [1.29, 1.82) is 0 Å². The van der Waals surface area contributed by atoms with Crippen LogP contribution in [0.3, 0.4) is 0 Å². The van der Waals surface area contributed by atoms with Gasteiger partial charge < -0.3 is 4.74 Å². The third-order valence-corrected chi connectivity index (χ3v) is 2.82. The molecule has 0 spiro atoms. The molecule has 0 aliphatic heterocycles. The van der Waals surface area contributed by atoms with Crippen LogP contribution in [0.5, 0.6) is 0 Å². The third kappa shape index (κ3) is 3.99. The molecule has 0 aromatic rings. The normalized spacial score (nSPS) is 22.7. The van der Waals surface area contributed by atoms with E-state index in [2.05, 4.69) is 19.1 Å². The summed E-state index contributed by atoms with van der Waals surface area (Å²) in [7, 11) is 1.74. The van der Waals surface area contributed by atoms with E-state index in [1.807, 2.05) is 6.26 Å². The van der Waals surface area contributed by atoms with Gasteiger partial charge in [-0.25, -0.2) is 0 Å². The fourth-order valence-electron chi connectivity index (χ4n) is 1.94. The van der Waals surface area contributed by atoms with Gasteiger partial charge in [0.25, 0.3) is 0 Å². The van der Waals surface area contributed by atoms with Crippen molar-refractivity contribution in [1.82, 2.24) is 0 Å². The Hall–Kier alpha value is -0.720. The van der Waals surface area contributed by atoms with Crippen LogP contribution in [0.15, 0.2) is 24.0 Å². The van der Waals surface area contributed by atoms with Crippen molar-refractivity contribution in [3.05, 3.63) is 24.0 Å². The molecule has 0 aromatic heterocycles. The molecule has 0 heterocycles. The van der Waals surface area contributed by atoms with Gasteiger partial charge in [0.2, 0.25) is 0 Å². The lowest BCUT2D eigenvalue weighted by Gasteiger charge is -2.20. The summed E-state index contributed by atoms with van der Waals surface area (Å²) >= 11 is 0. The highest BCUT2D eigenvalue weighted by Crippen LogP contribution is 2.28. The maximum atomic E-state index is 5.04. The number of hydrogen-bond acceptors (Lipinski definition) is 1. The number of allylic oxidation sites excluding steroid dienone is 3. The quantitative estimate of drug-likeness (QED) is 0.484. The molecule has 1 rings (SSSR count). The lowest BCUT2D eigenvalue weighted by atomic mass is 9.86. The van der Waals surface area contributed by atoms with E-state index in [0.29, 0.717) is 0 Å². The first-order valence-electron chi connectivity index (χ1n) is 5.74. The molecule has 1 saturated carbocycles. The molecule has 1 heteroatoms. The monoisotopic (exact) mass is 194 g/mol. The number of ether oxygens (including phenoxy) is 1. The highest BCUT2D eigenvalue weighted by molar-refractivity contribution is 5.05. The first-order chi connectivity index (χ1) is 6.86. The number of hydrogen-bond donors (Lipinski definition) is 0. The van der Waals surface area contributed by atoms with Crippen LogP contribution in [0.2, 0.25) is 0 Å². The molecule has 1 aliphatic rings. The second kappa shape index (κ2) is 6.69. The zero-order valence-electron chi connectivity index (χ0n) is 9.46. The van der Waals surface area contributed by atoms with Gasteiger partial charge in [0.05, 0.1) is 13.4 Å². The van der Waals surface area contributed by atoms with Crippen LogP contribution in [0, 0.1) is 5.92 Å². The molecule has 1 fully saturated rings. The summed E-state index contributed by atoms with van der Waals surface area (Å²) in [6, 6.07) is 0. The highest BCUT2D eigenvalue weighted by atomic mass is 16.5. The maximum Gasteiger partial charge on any atom is 0.0816 e. The summed E-state index contributed by atoms with van der Waals surface area (Å²) in [6.45, 7) is 2.23. The first-order valence-corrected chi connectivity index (χ1v) is 5.74. The minimum Gasteiger partial charge on any atom is -0.504 e. The van der Waals surface area contributed by atoms with Crippen molar-refractivity contribution >= 4 is 0 Å². The van der Waals surface area contributed by atoms with E-state index < -0.39 is 0 Å². The van der Waals surface area contributed by atoms with Crippen molar-refractivity contribution in [2.45, 2.75) is 45.4 Å². The van der Waals surface area contributed by atoms with Gasteiger partial charge in [-0.3, -0.25) is 0 Å². The Morgan fingerprint density at radius 2 is 2.07 bits per heavy atom. The molecule has 0 unspecified atom stereocenters. The van der Waals surface area contributed by atoms with Gasteiger partial charge in [-0.1, -0.05) is 25.5 Å². The van der Waals surface area contributed by atoms with E-state index in [-0.39, 0.29) is 0 Å². The molecule has 0 aromatic carbocycles. The van der Waals surface area contributed by atoms with Crippen LogP contribution < -0.4 is 0 Å². The van der Waals surface area contributed by atoms with E-state index in [4.69, 9.17) is 4.74 Å². The molecular formula is C13H22O. The molecule has 0 atom stereocenters. The van der Waals surface area contributed by atoms with Gasteiger partial charge in [0.15, 0.2) is 0 Å². The van der Waals surface area contributed by atoms with Crippen LogP contribution in [-0.4, -0.2) is 7.11 Å². The molecular weight excluding hydrogens is 172 g/mol. The Balaban J connectivity index is 2.25. The van der Waals surface area contributed by atoms with Gasteiger partial charge in [-0.15, -0.1) is 0 Å². The molecule has 1 aliphatic carbocycles. The van der Waals surface area contributed by atoms with Gasteiger partial charge >= 0.3 is 0 Å². The number of unbranched alkanes of at least 4 members (excludes halogenated alkanes) is 1. The largest absolute Gasteiger partial charge is 0.504 e. The summed E-state index contributed by atoms with van der Waals surface area (Å²) < 4.78 is 5.04. The van der Waals surface area contributed by atoms with Crippen LogP contribution in [0.4, 0.5) is 0 Å². The second-order valence-corrected chi connectivity index (χ2v) is 4.07. The van der Waals surface area contributed by atoms with Crippen molar-refractivity contribution in [3.63, 3.8) is 0 Å². The lowest BCUT2D eigenvalue weighted by molar-refractivity contribution is 0.325. The van der Waals surface area contributed by atoms with Crippen molar-refractivity contribution < 1.29 is 4.74 Å². The molecule has 14 heavy (non-hydrogen) atoms. The average molecular weight is 194 g/mol. The van der Waals surface area contributed by atoms with E-state index in [1.165, 1.54) is 44.1 Å². The first kappa shape index (κ1) is 11.4. The molecule has 1 nitrogen and oxygen atoms in total. The minimum absolute atomic E-state index is 0.815. The summed E-state index contributed by atoms with van der Waals surface area (Å²) in [5, 5.41) is 0. The average Bonchev–Trinajstić information content (AvgIpc) is 2.21. The fourth-order valence-corrected chi connectivity index (χ4v) is 1.94. The van der Waals surface area contributed by atoms with Gasteiger partial charge in [-0.2, -0.15) is 0 Å². The Labute approximate surface area is 87.8 Å². The maximum absolute atomic E-state index is 5.04. The SMILES string of the molecule is CCCC=CC1CCC(=COC)CC1. The molecule has 0 N–H and O–H groups in total. The van der Waals surface area contributed by atoms with E-state index in [9.17, 15) is 0 Å². The van der Waals surface area contributed by atoms with Crippen LogP contribution in [0.1, 0.15) is 45.4 Å². The van der Waals surface area contributed by atoms with E-state index in [1.54, 1.807) is 7.11 Å². The van der Waals surface area contributed by atoms with E-state index in [0.717, 1.165) is 5.92 Å². The Morgan fingerprint density at radius 1 is 1.36 bits per heavy atom. The standard InChI is InChI=1S/C13H22O/c1-3-4-5-6-12-7-9-13(10-8-12)11-14-2/h5-6,11-12H,3-4,7-10H2,1-2H3. The summed E-state index contributed by atoms with van der Waals surface area (Å²) in [5.74, 6) is 0.815. The number of methoxy groups -OCH3 is 1. The van der Waals surface area contributed by atoms with Crippen LogP contribution in [0.25, 0.3) is 0 Å². The highest BCUT2D eigenvalue weighted by Gasteiger charge is 2.13. The second-order valence-electron chi connectivity index (χ2n) is 4.07. The van der Waals surface area contributed by atoms with Gasteiger partial charge in [0.1, 0.15) is 0 Å². The third-order valence-electron chi connectivity index (χ3n) is 2.82. The Bertz CT molecular complexity index is 193. The molecule has 0 radical (unpaired) electrons. The topological polar surface area (TPSA) is 9.23 Å². The zero-order valence-corrected chi connectivity index (χ0v) is 9.46. The molecule has 80 valence electrons. The van der Waals surface area contributed by atoms with Crippen molar-refractivity contribution in [3.8, 4) is 0 Å². The van der Waals surface area contributed by atoms with Crippen LogP contribution in [-0.2, 0) is 4.74 Å². The summed E-state index contributed by atoms with van der Waals surface area (Å²) in [6.07, 6.45) is 14.2. The summed E-state index contributed by atoms with van der Waals surface area (Å²) in [5.41, 5.74) is 1.48. The predicted octanol–water partition coefficient (Wildman–Crippen LogP) is 4.06. The van der Waals surface area contributed by atoms with Crippen LogP contribution >= 0.6 is 0 Å². The molecule has 0 amide bonds. The molecule has 0 saturated heterocycles. The van der Waals surface area contributed by atoms with Crippen molar-refractivity contribution in [2.24, 2.45) is 5.92 Å². The lowest BCUT2D eigenvalue weighted by Crippen LogP contribution is -2.05. The zero-order chi connectivity index (χ0) is 10.2. The van der Waals surface area contributed by atoms with Gasteiger partial charge in [0, 0.05) is 0 Å². The van der Waals surface area contributed by atoms with Gasteiger partial charge in [-0.05, 0) is 43.6 Å².